The van der Waals surface area contributed by atoms with Gasteiger partial charge in [0.2, 0.25) is 0 Å². The van der Waals surface area contributed by atoms with Crippen molar-refractivity contribution in [2.45, 2.75) is 27.7 Å². The molecule has 20 heavy (non-hydrogen) atoms. The van der Waals surface area contributed by atoms with E-state index < -0.39 is 0 Å². The number of fused-ring (bicyclic) bond motifs is 1. The fourth-order valence-electron chi connectivity index (χ4n) is 2.69. The van der Waals surface area contributed by atoms with E-state index in [9.17, 15) is 0 Å². The third-order valence-corrected chi connectivity index (χ3v) is 4.26. The van der Waals surface area contributed by atoms with E-state index in [-0.39, 0.29) is 0 Å². The Morgan fingerprint density at radius 2 is 1.60 bits per heavy atom. The minimum atomic E-state index is 0.718. The van der Waals surface area contributed by atoms with Crippen molar-refractivity contribution in [3.63, 3.8) is 0 Å². The number of aromatic nitrogens is 2. The molecule has 3 aromatic rings. The Morgan fingerprint density at radius 3 is 2.25 bits per heavy atom. The summed E-state index contributed by atoms with van der Waals surface area (Å²) in [5.41, 5.74) is 8.36. The van der Waals surface area contributed by atoms with Crippen LogP contribution in [-0.4, -0.2) is 9.38 Å². The van der Waals surface area contributed by atoms with Gasteiger partial charge in [0.25, 0.3) is 0 Å². The van der Waals surface area contributed by atoms with Crippen molar-refractivity contribution in [3.05, 3.63) is 57.9 Å². The predicted molar refractivity (Wildman–Crippen MR) is 84.6 cm³/mol. The van der Waals surface area contributed by atoms with Crippen molar-refractivity contribution in [1.29, 1.82) is 0 Å². The second-order valence-electron chi connectivity index (χ2n) is 5.37. The molecule has 3 rings (SSSR count). The Kier molecular flexibility index (Phi) is 3.06. The van der Waals surface area contributed by atoms with Crippen molar-refractivity contribution < 1.29 is 0 Å². The number of hydrogen-bond donors (Lipinski definition) is 0. The normalized spacial score (nSPS) is 11.2. The van der Waals surface area contributed by atoms with Crippen LogP contribution in [-0.2, 0) is 0 Å². The SMILES string of the molecule is Cc1cc(C)c(C)c(-c2cn3cc(Cl)ccc3n2)c1C. The molecule has 2 nitrogen and oxygen atoms in total. The van der Waals surface area contributed by atoms with Crippen LogP contribution in [0.3, 0.4) is 0 Å². The number of imidazole rings is 1. The molecule has 0 saturated heterocycles. The van der Waals surface area contributed by atoms with Gasteiger partial charge < -0.3 is 4.40 Å². The fraction of sp³-hybridized carbons (Fsp3) is 0.235. The van der Waals surface area contributed by atoms with Crippen LogP contribution in [0.1, 0.15) is 22.3 Å². The summed E-state index contributed by atoms with van der Waals surface area (Å²) < 4.78 is 1.98. The van der Waals surface area contributed by atoms with Crippen molar-refractivity contribution in [3.8, 4) is 11.3 Å². The molecule has 3 heteroatoms. The first-order valence-corrected chi connectivity index (χ1v) is 7.07. The van der Waals surface area contributed by atoms with E-state index in [4.69, 9.17) is 16.6 Å². The highest BCUT2D eigenvalue weighted by Gasteiger charge is 2.13. The molecule has 0 aliphatic heterocycles. The lowest BCUT2D eigenvalue weighted by Gasteiger charge is -2.13. The average molecular weight is 285 g/mol. The van der Waals surface area contributed by atoms with Crippen LogP contribution in [0.15, 0.2) is 30.6 Å². The summed E-state index contributed by atoms with van der Waals surface area (Å²) in [7, 11) is 0. The quantitative estimate of drug-likeness (QED) is 0.622. The summed E-state index contributed by atoms with van der Waals surface area (Å²) in [4.78, 5) is 4.73. The van der Waals surface area contributed by atoms with Gasteiger partial charge in [-0.25, -0.2) is 4.98 Å². The van der Waals surface area contributed by atoms with E-state index in [1.165, 1.54) is 27.8 Å². The van der Waals surface area contributed by atoms with Gasteiger partial charge in [0.15, 0.2) is 0 Å². The van der Waals surface area contributed by atoms with Crippen LogP contribution < -0.4 is 0 Å². The van der Waals surface area contributed by atoms with Crippen LogP contribution in [0, 0.1) is 27.7 Å². The monoisotopic (exact) mass is 284 g/mol. The Bertz CT molecular complexity index is 789. The van der Waals surface area contributed by atoms with Crippen LogP contribution in [0.2, 0.25) is 5.02 Å². The van der Waals surface area contributed by atoms with Gasteiger partial charge >= 0.3 is 0 Å². The lowest BCUT2D eigenvalue weighted by atomic mass is 9.93. The number of benzene rings is 1. The minimum Gasteiger partial charge on any atom is -0.305 e. The summed E-state index contributed by atoms with van der Waals surface area (Å²) in [6, 6.07) is 6.05. The summed E-state index contributed by atoms with van der Waals surface area (Å²) in [5, 5.41) is 0.718. The Hall–Kier alpha value is -1.80. The number of halogens is 1. The minimum absolute atomic E-state index is 0.718. The molecule has 102 valence electrons. The highest BCUT2D eigenvalue weighted by molar-refractivity contribution is 6.30. The first-order chi connectivity index (χ1) is 9.47. The molecule has 2 heterocycles. The van der Waals surface area contributed by atoms with Gasteiger partial charge in [-0.05, 0) is 62.1 Å². The zero-order chi connectivity index (χ0) is 14.4. The topological polar surface area (TPSA) is 17.3 Å². The van der Waals surface area contributed by atoms with Crippen molar-refractivity contribution in [2.75, 3.05) is 0 Å². The van der Waals surface area contributed by atoms with Crippen LogP contribution in [0.25, 0.3) is 16.9 Å². The van der Waals surface area contributed by atoms with E-state index in [1.807, 2.05) is 22.7 Å². The highest BCUT2D eigenvalue weighted by atomic mass is 35.5. The molecule has 0 amide bonds. The van der Waals surface area contributed by atoms with Gasteiger partial charge in [0.05, 0.1) is 10.7 Å². The standard InChI is InChI=1S/C17H17ClN2/c1-10-7-11(2)13(4)17(12(10)3)15-9-20-8-14(18)5-6-16(20)19-15/h5-9H,1-4H3. The lowest BCUT2D eigenvalue weighted by molar-refractivity contribution is 1.19. The molecule has 0 unspecified atom stereocenters. The van der Waals surface area contributed by atoms with Crippen LogP contribution >= 0.6 is 11.6 Å². The van der Waals surface area contributed by atoms with Gasteiger partial charge in [-0.1, -0.05) is 17.7 Å². The third kappa shape index (κ3) is 2.01. The van der Waals surface area contributed by atoms with E-state index in [0.29, 0.717) is 0 Å². The molecule has 0 aliphatic carbocycles. The summed E-state index contributed by atoms with van der Waals surface area (Å²) >= 11 is 6.04. The van der Waals surface area contributed by atoms with Crippen molar-refractivity contribution >= 4 is 17.2 Å². The molecule has 0 aliphatic rings. The first kappa shape index (κ1) is 13.2. The second kappa shape index (κ2) is 4.64. The predicted octanol–water partition coefficient (Wildman–Crippen LogP) is 4.89. The largest absolute Gasteiger partial charge is 0.305 e. The molecule has 0 radical (unpaired) electrons. The smallest absolute Gasteiger partial charge is 0.137 e. The first-order valence-electron chi connectivity index (χ1n) is 6.69. The summed E-state index contributed by atoms with van der Waals surface area (Å²) in [6.45, 7) is 8.62. The maximum absolute atomic E-state index is 6.04. The molecule has 0 spiro atoms. The van der Waals surface area contributed by atoms with Crippen LogP contribution in [0.5, 0.6) is 0 Å². The molecule has 0 N–H and O–H groups in total. The van der Waals surface area contributed by atoms with E-state index in [2.05, 4.69) is 40.0 Å². The second-order valence-corrected chi connectivity index (χ2v) is 5.81. The Labute approximate surface area is 124 Å². The molecule has 0 atom stereocenters. The molecule has 0 bridgehead atoms. The Balaban J connectivity index is 2.30. The number of aryl methyl sites for hydroxylation is 2. The van der Waals surface area contributed by atoms with Gasteiger partial charge in [0, 0.05) is 18.0 Å². The molecule has 2 aromatic heterocycles. The van der Waals surface area contributed by atoms with E-state index in [1.54, 1.807) is 0 Å². The Morgan fingerprint density at radius 1 is 0.950 bits per heavy atom. The molecular formula is C17H17ClN2. The van der Waals surface area contributed by atoms with Gasteiger partial charge in [-0.2, -0.15) is 0 Å². The zero-order valence-corrected chi connectivity index (χ0v) is 12.9. The highest BCUT2D eigenvalue weighted by Crippen LogP contribution is 2.31. The van der Waals surface area contributed by atoms with Crippen molar-refractivity contribution in [2.24, 2.45) is 0 Å². The summed E-state index contributed by atoms with van der Waals surface area (Å²) in [6.07, 6.45) is 3.94. The number of rotatable bonds is 1. The lowest BCUT2D eigenvalue weighted by Crippen LogP contribution is -1.95. The molecule has 0 fully saturated rings. The van der Waals surface area contributed by atoms with Gasteiger partial charge in [-0.15, -0.1) is 0 Å². The number of nitrogens with zero attached hydrogens (tertiary/aromatic N) is 2. The molecule has 0 saturated carbocycles. The number of pyridine rings is 1. The summed E-state index contributed by atoms with van der Waals surface area (Å²) in [5.74, 6) is 0. The van der Waals surface area contributed by atoms with E-state index >= 15 is 0 Å². The fourth-order valence-corrected chi connectivity index (χ4v) is 2.85. The third-order valence-electron chi connectivity index (χ3n) is 4.04. The van der Waals surface area contributed by atoms with Gasteiger partial charge in [-0.3, -0.25) is 0 Å². The molecule has 1 aromatic carbocycles. The van der Waals surface area contributed by atoms with Crippen molar-refractivity contribution in [1.82, 2.24) is 9.38 Å². The maximum Gasteiger partial charge on any atom is 0.137 e. The number of hydrogen-bond acceptors (Lipinski definition) is 1. The maximum atomic E-state index is 6.04. The zero-order valence-electron chi connectivity index (χ0n) is 12.2. The van der Waals surface area contributed by atoms with E-state index in [0.717, 1.165) is 16.4 Å². The van der Waals surface area contributed by atoms with Gasteiger partial charge in [0.1, 0.15) is 5.65 Å². The molecular weight excluding hydrogens is 268 g/mol. The average Bonchev–Trinajstić information content (AvgIpc) is 2.79. The van der Waals surface area contributed by atoms with Crippen LogP contribution in [0.4, 0.5) is 0 Å².